The number of amides is 1. The number of quaternary nitrogens is 1. The number of nitrogens with one attached hydrogen (secondary N) is 2. The molecule has 0 spiro atoms. The van der Waals surface area contributed by atoms with Crippen LogP contribution in [0.1, 0.15) is 12.5 Å². The molecule has 2 N–H and O–H groups in total. The molecular weight excluding hydrogens is 312 g/mol. The SMILES string of the molecule is COc1cccc(C[NH+](C)[C@@H](C)C(=O)Nc2ccc(Cl)cc2)c1. The average molecular weight is 334 g/mol. The zero-order valence-electron chi connectivity index (χ0n) is 13.6. The minimum absolute atomic E-state index is 0.0206. The molecule has 0 aliphatic carbocycles. The van der Waals surface area contributed by atoms with E-state index in [1.54, 1.807) is 31.4 Å². The van der Waals surface area contributed by atoms with Gasteiger partial charge < -0.3 is 15.0 Å². The Labute approximate surface area is 142 Å². The number of likely N-dealkylation sites (N-methyl/N-ethyl adjacent to an activating group) is 1. The number of methoxy groups -OCH3 is 1. The van der Waals surface area contributed by atoms with E-state index in [4.69, 9.17) is 16.3 Å². The molecule has 0 aliphatic rings. The molecule has 0 saturated carbocycles. The highest BCUT2D eigenvalue weighted by atomic mass is 35.5. The van der Waals surface area contributed by atoms with Gasteiger partial charge in [0.15, 0.2) is 6.04 Å². The highest BCUT2D eigenvalue weighted by molar-refractivity contribution is 6.30. The van der Waals surface area contributed by atoms with Crippen LogP contribution in [0.25, 0.3) is 0 Å². The van der Waals surface area contributed by atoms with Gasteiger partial charge in [0.1, 0.15) is 12.3 Å². The van der Waals surface area contributed by atoms with Crippen molar-refractivity contribution in [2.45, 2.75) is 19.5 Å². The summed E-state index contributed by atoms with van der Waals surface area (Å²) in [6.07, 6.45) is 0. The molecule has 1 amide bonds. The summed E-state index contributed by atoms with van der Waals surface area (Å²) in [5, 5.41) is 3.56. The summed E-state index contributed by atoms with van der Waals surface area (Å²) in [6, 6.07) is 14.8. The lowest BCUT2D eigenvalue weighted by Crippen LogP contribution is -3.12. The van der Waals surface area contributed by atoms with Crippen LogP contribution in [0.3, 0.4) is 0 Å². The minimum Gasteiger partial charge on any atom is -0.497 e. The number of hydrogen-bond acceptors (Lipinski definition) is 2. The zero-order chi connectivity index (χ0) is 16.8. The molecule has 0 fully saturated rings. The van der Waals surface area contributed by atoms with E-state index < -0.39 is 0 Å². The van der Waals surface area contributed by atoms with Crippen molar-refractivity contribution in [3.05, 3.63) is 59.1 Å². The zero-order valence-corrected chi connectivity index (χ0v) is 14.4. The Balaban J connectivity index is 1.96. The highest BCUT2D eigenvalue weighted by Gasteiger charge is 2.22. The summed E-state index contributed by atoms with van der Waals surface area (Å²) in [5.74, 6) is 0.807. The highest BCUT2D eigenvalue weighted by Crippen LogP contribution is 2.14. The number of halogens is 1. The number of carbonyl (C=O) groups is 1. The maximum atomic E-state index is 12.4. The first-order chi connectivity index (χ1) is 11.0. The second-order valence-electron chi connectivity index (χ2n) is 5.59. The molecule has 0 radical (unpaired) electrons. The van der Waals surface area contributed by atoms with Crippen LogP contribution >= 0.6 is 11.6 Å². The van der Waals surface area contributed by atoms with Gasteiger partial charge in [-0.25, -0.2) is 0 Å². The van der Waals surface area contributed by atoms with Gasteiger partial charge in [-0.3, -0.25) is 4.79 Å². The van der Waals surface area contributed by atoms with E-state index >= 15 is 0 Å². The molecule has 0 bridgehead atoms. The quantitative estimate of drug-likeness (QED) is 0.852. The normalized spacial score (nSPS) is 13.2. The third-order valence-electron chi connectivity index (χ3n) is 3.86. The van der Waals surface area contributed by atoms with Crippen molar-refractivity contribution in [3.63, 3.8) is 0 Å². The van der Waals surface area contributed by atoms with E-state index in [9.17, 15) is 4.79 Å². The molecular formula is C18H22ClN2O2+. The minimum atomic E-state index is -0.183. The van der Waals surface area contributed by atoms with Gasteiger partial charge in [0, 0.05) is 16.3 Å². The maximum Gasteiger partial charge on any atom is 0.282 e. The van der Waals surface area contributed by atoms with Gasteiger partial charge >= 0.3 is 0 Å². The fourth-order valence-electron chi connectivity index (χ4n) is 2.27. The Morgan fingerprint density at radius 3 is 2.61 bits per heavy atom. The lowest BCUT2D eigenvalue weighted by Gasteiger charge is -2.21. The van der Waals surface area contributed by atoms with E-state index in [-0.39, 0.29) is 11.9 Å². The first-order valence-corrected chi connectivity index (χ1v) is 7.89. The first kappa shape index (κ1) is 17.3. The van der Waals surface area contributed by atoms with Crippen LogP contribution in [-0.2, 0) is 11.3 Å². The number of carbonyl (C=O) groups excluding carboxylic acids is 1. The molecule has 0 aromatic heterocycles. The molecule has 2 aromatic rings. The van der Waals surface area contributed by atoms with E-state index in [1.807, 2.05) is 38.2 Å². The van der Waals surface area contributed by atoms with Crippen molar-refractivity contribution in [1.82, 2.24) is 0 Å². The van der Waals surface area contributed by atoms with Crippen molar-refractivity contribution >= 4 is 23.2 Å². The fourth-order valence-corrected chi connectivity index (χ4v) is 2.39. The monoisotopic (exact) mass is 333 g/mol. The molecule has 2 atom stereocenters. The average Bonchev–Trinajstić information content (AvgIpc) is 2.56. The molecule has 5 heteroatoms. The Morgan fingerprint density at radius 2 is 1.96 bits per heavy atom. The molecule has 0 heterocycles. The van der Waals surface area contributed by atoms with Gasteiger partial charge in [0.25, 0.3) is 5.91 Å². The van der Waals surface area contributed by atoms with E-state index in [0.29, 0.717) is 5.02 Å². The van der Waals surface area contributed by atoms with Gasteiger partial charge in [0.05, 0.1) is 14.2 Å². The molecule has 122 valence electrons. The third kappa shape index (κ3) is 4.98. The van der Waals surface area contributed by atoms with Crippen LogP contribution in [0.5, 0.6) is 5.75 Å². The third-order valence-corrected chi connectivity index (χ3v) is 4.11. The first-order valence-electron chi connectivity index (χ1n) is 7.51. The van der Waals surface area contributed by atoms with Crippen LogP contribution in [0, 0.1) is 0 Å². The number of anilines is 1. The Kier molecular flexibility index (Phi) is 6.02. The van der Waals surface area contributed by atoms with Crippen LogP contribution < -0.4 is 15.0 Å². The smallest absolute Gasteiger partial charge is 0.282 e. The Hall–Kier alpha value is -2.04. The fraction of sp³-hybridized carbons (Fsp3) is 0.278. The van der Waals surface area contributed by atoms with Crippen molar-refractivity contribution in [2.75, 3.05) is 19.5 Å². The lowest BCUT2D eigenvalue weighted by atomic mass is 10.1. The second-order valence-corrected chi connectivity index (χ2v) is 6.03. The molecule has 0 saturated heterocycles. The predicted molar refractivity (Wildman–Crippen MR) is 93.1 cm³/mol. The van der Waals surface area contributed by atoms with E-state index in [2.05, 4.69) is 5.32 Å². The summed E-state index contributed by atoms with van der Waals surface area (Å²) in [5.41, 5.74) is 1.88. The second kappa shape index (κ2) is 7.99. The summed E-state index contributed by atoms with van der Waals surface area (Å²) in [7, 11) is 3.66. The number of hydrogen-bond donors (Lipinski definition) is 2. The number of rotatable bonds is 6. The van der Waals surface area contributed by atoms with E-state index in [0.717, 1.165) is 28.4 Å². The molecule has 0 aliphatic heterocycles. The van der Waals surface area contributed by atoms with Crippen molar-refractivity contribution in [2.24, 2.45) is 0 Å². The Morgan fingerprint density at radius 1 is 1.26 bits per heavy atom. The molecule has 23 heavy (non-hydrogen) atoms. The maximum absolute atomic E-state index is 12.4. The van der Waals surface area contributed by atoms with Gasteiger partial charge in [-0.05, 0) is 43.3 Å². The predicted octanol–water partition coefficient (Wildman–Crippen LogP) is 2.39. The largest absolute Gasteiger partial charge is 0.497 e. The number of ether oxygens (including phenoxy) is 1. The van der Waals surface area contributed by atoms with Crippen LogP contribution in [0.15, 0.2) is 48.5 Å². The standard InChI is InChI=1S/C18H21ClN2O2/c1-13(18(22)20-16-9-7-15(19)8-10-16)21(2)12-14-5-4-6-17(11-14)23-3/h4-11,13H,12H2,1-3H3,(H,20,22)/p+1/t13-/m0/s1. The van der Waals surface area contributed by atoms with Crippen LogP contribution in [0.4, 0.5) is 5.69 Å². The van der Waals surface area contributed by atoms with Gasteiger partial charge in [-0.1, -0.05) is 23.7 Å². The van der Waals surface area contributed by atoms with Crippen molar-refractivity contribution in [1.29, 1.82) is 0 Å². The molecule has 2 aromatic carbocycles. The summed E-state index contributed by atoms with van der Waals surface area (Å²) in [4.78, 5) is 13.5. The molecule has 4 nitrogen and oxygen atoms in total. The van der Waals surface area contributed by atoms with Crippen molar-refractivity contribution in [3.8, 4) is 5.75 Å². The summed E-state index contributed by atoms with van der Waals surface area (Å²) >= 11 is 5.85. The number of benzene rings is 2. The van der Waals surface area contributed by atoms with E-state index in [1.165, 1.54) is 0 Å². The van der Waals surface area contributed by atoms with Crippen molar-refractivity contribution < 1.29 is 14.4 Å². The van der Waals surface area contributed by atoms with Crippen LogP contribution in [0.2, 0.25) is 5.02 Å². The summed E-state index contributed by atoms with van der Waals surface area (Å²) < 4.78 is 5.23. The lowest BCUT2D eigenvalue weighted by molar-refractivity contribution is -0.907. The molecule has 1 unspecified atom stereocenters. The van der Waals surface area contributed by atoms with Gasteiger partial charge in [-0.15, -0.1) is 0 Å². The van der Waals surface area contributed by atoms with Crippen LogP contribution in [-0.4, -0.2) is 26.1 Å². The summed E-state index contributed by atoms with van der Waals surface area (Å²) in [6.45, 7) is 2.66. The van der Waals surface area contributed by atoms with Gasteiger partial charge in [-0.2, -0.15) is 0 Å². The topological polar surface area (TPSA) is 42.8 Å². The Bertz CT molecular complexity index is 658. The molecule has 2 rings (SSSR count). The van der Waals surface area contributed by atoms with Gasteiger partial charge in [0.2, 0.25) is 0 Å².